The largest absolute Gasteiger partial charge is 0.367 e. The molecule has 2 rings (SSSR count). The van der Waals surface area contributed by atoms with Crippen LogP contribution >= 0.6 is 15.9 Å². The summed E-state index contributed by atoms with van der Waals surface area (Å²) < 4.78 is 30.2. The Morgan fingerprint density at radius 3 is 2.32 bits per heavy atom. The smallest absolute Gasteiger partial charge is 0.256 e. The summed E-state index contributed by atoms with van der Waals surface area (Å²) in [6.07, 6.45) is -0.652. The molecule has 1 aliphatic rings. The standard InChI is InChI=1S/C14H19BrN2O4S/c1-21-13(12-5-3-2-4-6-12)14(18)16-7-9-17(10-8-16)22(19,20)11-15/h2-6,13H,7-11H2,1H3/t13-/m1/s1. The number of halogens is 1. The van der Waals surface area contributed by atoms with E-state index in [4.69, 9.17) is 4.74 Å². The van der Waals surface area contributed by atoms with E-state index in [9.17, 15) is 13.2 Å². The topological polar surface area (TPSA) is 66.9 Å². The van der Waals surface area contributed by atoms with Gasteiger partial charge in [-0.1, -0.05) is 46.3 Å². The second-order valence-electron chi connectivity index (χ2n) is 4.97. The molecule has 1 saturated heterocycles. The fraction of sp³-hybridized carbons (Fsp3) is 0.500. The summed E-state index contributed by atoms with van der Waals surface area (Å²) in [7, 11) is -1.77. The zero-order valence-corrected chi connectivity index (χ0v) is 14.7. The zero-order valence-electron chi connectivity index (χ0n) is 12.3. The number of rotatable bonds is 5. The van der Waals surface area contributed by atoms with Gasteiger partial charge < -0.3 is 9.64 Å². The van der Waals surface area contributed by atoms with Crippen LogP contribution < -0.4 is 0 Å². The van der Waals surface area contributed by atoms with E-state index < -0.39 is 16.1 Å². The van der Waals surface area contributed by atoms with Crippen molar-refractivity contribution in [2.75, 3.05) is 38.0 Å². The van der Waals surface area contributed by atoms with E-state index in [1.165, 1.54) is 11.4 Å². The Bertz CT molecular complexity index is 601. The molecule has 0 aromatic heterocycles. The Balaban J connectivity index is 2.03. The third kappa shape index (κ3) is 3.87. The van der Waals surface area contributed by atoms with Crippen molar-refractivity contribution < 1.29 is 17.9 Å². The minimum atomic E-state index is -3.27. The van der Waals surface area contributed by atoms with Gasteiger partial charge in [0.1, 0.15) is 4.66 Å². The normalized spacial score (nSPS) is 18.2. The molecule has 0 N–H and O–H groups in total. The quantitative estimate of drug-likeness (QED) is 0.708. The van der Waals surface area contributed by atoms with Gasteiger partial charge in [-0.25, -0.2) is 8.42 Å². The molecule has 0 unspecified atom stereocenters. The van der Waals surface area contributed by atoms with Crippen LogP contribution in [0.4, 0.5) is 0 Å². The number of hydrogen-bond acceptors (Lipinski definition) is 4. The molecule has 6 nitrogen and oxygen atoms in total. The van der Waals surface area contributed by atoms with Crippen molar-refractivity contribution in [3.05, 3.63) is 35.9 Å². The molecule has 1 aliphatic heterocycles. The number of nitrogens with zero attached hydrogens (tertiary/aromatic N) is 2. The zero-order chi connectivity index (χ0) is 16.2. The van der Waals surface area contributed by atoms with Gasteiger partial charge in [-0.2, -0.15) is 4.31 Å². The van der Waals surface area contributed by atoms with Gasteiger partial charge in [-0.3, -0.25) is 4.79 Å². The molecule has 8 heteroatoms. The summed E-state index contributed by atoms with van der Waals surface area (Å²) in [5, 5.41) is 0. The number of alkyl halides is 1. The Labute approximate surface area is 139 Å². The first-order valence-corrected chi connectivity index (χ1v) is 9.63. The number of piperazine rings is 1. The second-order valence-corrected chi connectivity index (χ2v) is 8.24. The highest BCUT2D eigenvalue weighted by Gasteiger charge is 2.31. The molecule has 1 aromatic carbocycles. The molecule has 122 valence electrons. The maximum absolute atomic E-state index is 12.6. The van der Waals surface area contributed by atoms with Gasteiger partial charge in [-0.05, 0) is 5.56 Å². The first kappa shape index (κ1) is 17.4. The molecule has 1 aromatic rings. The highest BCUT2D eigenvalue weighted by atomic mass is 79.9. The first-order valence-electron chi connectivity index (χ1n) is 6.90. The highest BCUT2D eigenvalue weighted by Crippen LogP contribution is 2.20. The molecule has 0 saturated carbocycles. The second kappa shape index (κ2) is 7.54. The van der Waals surface area contributed by atoms with E-state index in [1.807, 2.05) is 30.3 Å². The number of sulfonamides is 1. The van der Waals surface area contributed by atoms with Crippen LogP contribution in [0.3, 0.4) is 0 Å². The molecule has 0 aliphatic carbocycles. The number of hydrogen-bond donors (Lipinski definition) is 0. The van der Waals surface area contributed by atoms with Gasteiger partial charge in [0, 0.05) is 33.3 Å². The Morgan fingerprint density at radius 1 is 1.23 bits per heavy atom. The van der Waals surface area contributed by atoms with E-state index in [1.54, 1.807) is 4.90 Å². The van der Waals surface area contributed by atoms with Gasteiger partial charge in [0.05, 0.1) is 0 Å². The first-order chi connectivity index (χ1) is 10.5. The van der Waals surface area contributed by atoms with Crippen LogP contribution in [0.2, 0.25) is 0 Å². The van der Waals surface area contributed by atoms with Crippen LogP contribution in [0.5, 0.6) is 0 Å². The molecule has 0 bridgehead atoms. The number of amides is 1. The summed E-state index contributed by atoms with van der Waals surface area (Å²) in [4.78, 5) is 14.2. The fourth-order valence-corrected chi connectivity index (χ4v) is 4.16. The fourth-order valence-electron chi connectivity index (χ4n) is 2.43. The lowest BCUT2D eigenvalue weighted by atomic mass is 10.1. The van der Waals surface area contributed by atoms with E-state index in [2.05, 4.69) is 15.9 Å². The van der Waals surface area contributed by atoms with Crippen molar-refractivity contribution in [1.29, 1.82) is 0 Å². The Kier molecular flexibility index (Phi) is 5.96. The van der Waals surface area contributed by atoms with Gasteiger partial charge in [-0.15, -0.1) is 0 Å². The third-order valence-corrected chi connectivity index (χ3v) is 6.81. The van der Waals surface area contributed by atoms with Crippen molar-refractivity contribution in [2.24, 2.45) is 0 Å². The summed E-state index contributed by atoms with van der Waals surface area (Å²) in [5.41, 5.74) is 0.797. The average molecular weight is 391 g/mol. The molecular formula is C14H19BrN2O4S. The number of ether oxygens (including phenoxy) is 1. The monoisotopic (exact) mass is 390 g/mol. The van der Waals surface area contributed by atoms with Crippen LogP contribution in [0.25, 0.3) is 0 Å². The van der Waals surface area contributed by atoms with Crippen LogP contribution in [-0.2, 0) is 19.6 Å². The van der Waals surface area contributed by atoms with Crippen molar-refractivity contribution in [3.8, 4) is 0 Å². The van der Waals surface area contributed by atoms with E-state index in [0.717, 1.165) is 5.56 Å². The Morgan fingerprint density at radius 2 is 1.82 bits per heavy atom. The van der Waals surface area contributed by atoms with Gasteiger partial charge >= 0.3 is 0 Å². The van der Waals surface area contributed by atoms with E-state index in [-0.39, 0.29) is 10.6 Å². The number of carbonyl (C=O) groups excluding carboxylic acids is 1. The summed E-state index contributed by atoms with van der Waals surface area (Å²) >= 11 is 2.99. The SMILES string of the molecule is CO[C@@H](C(=O)N1CCN(S(=O)(=O)CBr)CC1)c1ccccc1. The van der Waals surface area contributed by atoms with Gasteiger partial charge in [0.15, 0.2) is 6.10 Å². The molecular weight excluding hydrogens is 372 g/mol. The molecule has 1 heterocycles. The molecule has 1 atom stereocenters. The number of benzene rings is 1. The molecule has 22 heavy (non-hydrogen) atoms. The van der Waals surface area contributed by atoms with Crippen LogP contribution in [0.15, 0.2) is 30.3 Å². The minimum absolute atomic E-state index is 0.0986. The van der Waals surface area contributed by atoms with Crippen LogP contribution in [-0.4, -0.2) is 61.5 Å². The van der Waals surface area contributed by atoms with Gasteiger partial charge in [0.2, 0.25) is 10.0 Å². The predicted octanol–water partition coefficient (Wildman–Crippen LogP) is 1.20. The van der Waals surface area contributed by atoms with Crippen LogP contribution in [0, 0.1) is 0 Å². The average Bonchev–Trinajstić information content (AvgIpc) is 2.56. The minimum Gasteiger partial charge on any atom is -0.367 e. The summed E-state index contributed by atoms with van der Waals surface area (Å²) in [6, 6.07) is 9.28. The summed E-state index contributed by atoms with van der Waals surface area (Å²) in [5.74, 6) is -0.135. The van der Waals surface area contributed by atoms with Crippen LogP contribution in [0.1, 0.15) is 11.7 Å². The van der Waals surface area contributed by atoms with E-state index in [0.29, 0.717) is 26.2 Å². The van der Waals surface area contributed by atoms with E-state index >= 15 is 0 Å². The number of methoxy groups -OCH3 is 1. The molecule has 0 radical (unpaired) electrons. The Hall–Kier alpha value is -0.960. The lowest BCUT2D eigenvalue weighted by Crippen LogP contribution is -2.51. The molecule has 1 amide bonds. The number of carbonyl (C=O) groups is 1. The third-order valence-electron chi connectivity index (χ3n) is 3.64. The maximum Gasteiger partial charge on any atom is 0.256 e. The van der Waals surface area contributed by atoms with Crippen molar-refractivity contribution >= 4 is 31.9 Å². The van der Waals surface area contributed by atoms with Gasteiger partial charge in [0.25, 0.3) is 5.91 Å². The molecule has 0 spiro atoms. The van der Waals surface area contributed by atoms with Crippen molar-refractivity contribution in [3.63, 3.8) is 0 Å². The maximum atomic E-state index is 12.6. The van der Waals surface area contributed by atoms with Crippen molar-refractivity contribution in [1.82, 2.24) is 9.21 Å². The lowest BCUT2D eigenvalue weighted by Gasteiger charge is -2.35. The molecule has 1 fully saturated rings. The predicted molar refractivity (Wildman–Crippen MR) is 87.1 cm³/mol. The van der Waals surface area contributed by atoms with Crippen molar-refractivity contribution in [2.45, 2.75) is 6.10 Å². The summed E-state index contributed by atoms with van der Waals surface area (Å²) in [6.45, 7) is 1.37. The highest BCUT2D eigenvalue weighted by molar-refractivity contribution is 9.10. The lowest BCUT2D eigenvalue weighted by molar-refractivity contribution is -0.143.